The lowest BCUT2D eigenvalue weighted by Gasteiger charge is -2.10. The van der Waals surface area contributed by atoms with E-state index in [9.17, 15) is 13.2 Å². The van der Waals surface area contributed by atoms with E-state index in [1.54, 1.807) is 6.07 Å². The first-order valence-corrected chi connectivity index (χ1v) is 5.56. The van der Waals surface area contributed by atoms with E-state index in [1.807, 2.05) is 0 Å². The molecule has 0 unspecified atom stereocenters. The zero-order valence-corrected chi connectivity index (χ0v) is 9.43. The summed E-state index contributed by atoms with van der Waals surface area (Å²) >= 11 is 0. The number of hydrogen-bond donors (Lipinski definition) is 2. The van der Waals surface area contributed by atoms with Crippen LogP contribution in [-0.2, 0) is 6.18 Å². The van der Waals surface area contributed by atoms with Crippen LogP contribution >= 0.6 is 0 Å². The monoisotopic (exact) mass is 247 g/mol. The van der Waals surface area contributed by atoms with Gasteiger partial charge in [-0.3, -0.25) is 0 Å². The standard InChI is InChI=1S/C12H16F3NO/c13-12(14,15)10-5-4-6-11(9-10)16-7-2-1-3-8-17/h4-6,9,16-17H,1-3,7-8H2. The van der Waals surface area contributed by atoms with Crippen LogP contribution in [-0.4, -0.2) is 18.3 Å². The van der Waals surface area contributed by atoms with E-state index in [4.69, 9.17) is 5.11 Å². The van der Waals surface area contributed by atoms with Gasteiger partial charge < -0.3 is 10.4 Å². The van der Waals surface area contributed by atoms with Crippen molar-refractivity contribution in [1.82, 2.24) is 0 Å². The second kappa shape index (κ2) is 6.49. The van der Waals surface area contributed by atoms with Crippen LogP contribution in [0.1, 0.15) is 24.8 Å². The molecule has 0 radical (unpaired) electrons. The van der Waals surface area contributed by atoms with E-state index in [2.05, 4.69) is 5.32 Å². The minimum Gasteiger partial charge on any atom is -0.396 e. The van der Waals surface area contributed by atoms with Crippen molar-refractivity contribution >= 4 is 5.69 Å². The van der Waals surface area contributed by atoms with Gasteiger partial charge in [0.2, 0.25) is 0 Å². The molecule has 96 valence electrons. The van der Waals surface area contributed by atoms with Crippen LogP contribution in [0.25, 0.3) is 0 Å². The van der Waals surface area contributed by atoms with Crippen LogP contribution in [0.5, 0.6) is 0 Å². The van der Waals surface area contributed by atoms with Gasteiger partial charge in [-0.25, -0.2) is 0 Å². The van der Waals surface area contributed by atoms with Crippen molar-refractivity contribution in [1.29, 1.82) is 0 Å². The van der Waals surface area contributed by atoms with E-state index in [1.165, 1.54) is 6.07 Å². The molecular weight excluding hydrogens is 231 g/mol. The molecule has 0 heterocycles. The topological polar surface area (TPSA) is 32.3 Å². The number of alkyl halides is 3. The lowest BCUT2D eigenvalue weighted by Crippen LogP contribution is -2.07. The largest absolute Gasteiger partial charge is 0.416 e. The number of aliphatic hydroxyl groups excluding tert-OH is 1. The molecule has 2 N–H and O–H groups in total. The molecule has 0 aliphatic rings. The highest BCUT2D eigenvalue weighted by molar-refractivity contribution is 5.46. The highest BCUT2D eigenvalue weighted by Gasteiger charge is 2.30. The number of halogens is 3. The van der Waals surface area contributed by atoms with Gasteiger partial charge in [-0.1, -0.05) is 6.07 Å². The van der Waals surface area contributed by atoms with Gasteiger partial charge in [0.1, 0.15) is 0 Å². The number of anilines is 1. The van der Waals surface area contributed by atoms with Crippen molar-refractivity contribution in [3.8, 4) is 0 Å². The molecule has 2 nitrogen and oxygen atoms in total. The summed E-state index contributed by atoms with van der Waals surface area (Å²) in [5.74, 6) is 0. The van der Waals surface area contributed by atoms with Gasteiger partial charge in [-0.2, -0.15) is 13.2 Å². The van der Waals surface area contributed by atoms with Gasteiger partial charge in [0.25, 0.3) is 0 Å². The number of hydrogen-bond acceptors (Lipinski definition) is 2. The Morgan fingerprint density at radius 1 is 1.12 bits per heavy atom. The summed E-state index contributed by atoms with van der Waals surface area (Å²) in [6.07, 6.45) is -1.88. The minimum absolute atomic E-state index is 0.156. The number of benzene rings is 1. The third-order valence-electron chi connectivity index (χ3n) is 2.35. The molecule has 0 aliphatic heterocycles. The number of nitrogens with one attached hydrogen (secondary N) is 1. The fraction of sp³-hybridized carbons (Fsp3) is 0.500. The van der Waals surface area contributed by atoms with E-state index in [0.717, 1.165) is 31.4 Å². The maximum Gasteiger partial charge on any atom is 0.416 e. The molecule has 0 aromatic heterocycles. The summed E-state index contributed by atoms with van der Waals surface area (Å²) in [6, 6.07) is 5.16. The Labute approximate surface area is 98.5 Å². The van der Waals surface area contributed by atoms with Crippen LogP contribution in [0.15, 0.2) is 24.3 Å². The maximum absolute atomic E-state index is 12.4. The molecule has 0 atom stereocenters. The second-order valence-corrected chi connectivity index (χ2v) is 3.79. The number of rotatable bonds is 6. The van der Waals surface area contributed by atoms with Gasteiger partial charge in [0.05, 0.1) is 5.56 Å². The highest BCUT2D eigenvalue weighted by Crippen LogP contribution is 2.30. The Morgan fingerprint density at radius 3 is 2.53 bits per heavy atom. The summed E-state index contributed by atoms with van der Waals surface area (Å²) in [5, 5.41) is 11.5. The average molecular weight is 247 g/mol. The molecule has 0 fully saturated rings. The van der Waals surface area contributed by atoms with Crippen molar-refractivity contribution in [2.45, 2.75) is 25.4 Å². The molecule has 1 aromatic rings. The summed E-state index contributed by atoms with van der Waals surface area (Å²) in [7, 11) is 0. The zero-order chi connectivity index (χ0) is 12.7. The van der Waals surface area contributed by atoms with Gasteiger partial charge in [0.15, 0.2) is 0 Å². The minimum atomic E-state index is -4.30. The number of unbranched alkanes of at least 4 members (excludes halogenated alkanes) is 2. The molecule has 0 saturated heterocycles. The van der Waals surface area contributed by atoms with Gasteiger partial charge in [-0.05, 0) is 37.5 Å². The van der Waals surface area contributed by atoms with Crippen molar-refractivity contribution in [3.63, 3.8) is 0 Å². The molecule has 0 aliphatic carbocycles. The summed E-state index contributed by atoms with van der Waals surface area (Å²) in [6.45, 7) is 0.769. The van der Waals surface area contributed by atoms with Gasteiger partial charge >= 0.3 is 6.18 Å². The Balaban J connectivity index is 2.44. The molecule has 1 aromatic carbocycles. The first-order valence-electron chi connectivity index (χ1n) is 5.56. The van der Waals surface area contributed by atoms with E-state index in [0.29, 0.717) is 12.2 Å². The Kier molecular flexibility index (Phi) is 5.28. The summed E-state index contributed by atoms with van der Waals surface area (Å²) in [4.78, 5) is 0. The Morgan fingerprint density at radius 2 is 1.88 bits per heavy atom. The normalized spacial score (nSPS) is 11.5. The lowest BCUT2D eigenvalue weighted by atomic mass is 10.2. The SMILES string of the molecule is OCCCCCNc1cccc(C(F)(F)F)c1. The third kappa shape index (κ3) is 5.08. The molecule has 5 heteroatoms. The molecule has 0 spiro atoms. The van der Waals surface area contributed by atoms with Crippen LogP contribution in [0.2, 0.25) is 0 Å². The molecule has 1 rings (SSSR count). The third-order valence-corrected chi connectivity index (χ3v) is 2.35. The Bertz CT molecular complexity index is 339. The van der Waals surface area contributed by atoms with Crippen LogP contribution < -0.4 is 5.32 Å². The van der Waals surface area contributed by atoms with Crippen molar-refractivity contribution in [2.24, 2.45) is 0 Å². The van der Waals surface area contributed by atoms with E-state index < -0.39 is 11.7 Å². The van der Waals surface area contributed by atoms with Crippen LogP contribution in [0, 0.1) is 0 Å². The first kappa shape index (κ1) is 13.8. The maximum atomic E-state index is 12.4. The molecule has 0 bridgehead atoms. The smallest absolute Gasteiger partial charge is 0.396 e. The van der Waals surface area contributed by atoms with Gasteiger partial charge in [0, 0.05) is 18.8 Å². The average Bonchev–Trinajstić information content (AvgIpc) is 2.28. The van der Waals surface area contributed by atoms with Crippen molar-refractivity contribution in [3.05, 3.63) is 29.8 Å². The predicted octanol–water partition coefficient (Wildman–Crippen LogP) is 3.28. The first-order chi connectivity index (χ1) is 8.04. The Hall–Kier alpha value is -1.23. The highest BCUT2D eigenvalue weighted by atomic mass is 19.4. The molecule has 0 saturated carbocycles. The van der Waals surface area contributed by atoms with Crippen LogP contribution in [0.4, 0.5) is 18.9 Å². The van der Waals surface area contributed by atoms with Crippen molar-refractivity contribution < 1.29 is 18.3 Å². The van der Waals surface area contributed by atoms with Gasteiger partial charge in [-0.15, -0.1) is 0 Å². The summed E-state index contributed by atoms with van der Waals surface area (Å²) in [5.41, 5.74) is -0.165. The predicted molar refractivity (Wildman–Crippen MR) is 60.9 cm³/mol. The molecular formula is C12H16F3NO. The van der Waals surface area contributed by atoms with Crippen molar-refractivity contribution in [2.75, 3.05) is 18.5 Å². The fourth-order valence-corrected chi connectivity index (χ4v) is 1.45. The zero-order valence-electron chi connectivity index (χ0n) is 9.43. The fourth-order valence-electron chi connectivity index (χ4n) is 1.45. The summed E-state index contributed by atoms with van der Waals surface area (Å²) < 4.78 is 37.2. The second-order valence-electron chi connectivity index (χ2n) is 3.79. The molecule has 17 heavy (non-hydrogen) atoms. The lowest BCUT2D eigenvalue weighted by molar-refractivity contribution is -0.137. The molecule has 0 amide bonds. The van der Waals surface area contributed by atoms with E-state index >= 15 is 0 Å². The van der Waals surface area contributed by atoms with E-state index in [-0.39, 0.29) is 6.61 Å². The number of aliphatic hydroxyl groups is 1. The van der Waals surface area contributed by atoms with Crippen LogP contribution in [0.3, 0.4) is 0 Å². The quantitative estimate of drug-likeness (QED) is 0.756.